The minimum absolute atomic E-state index is 0.00498. The van der Waals surface area contributed by atoms with Crippen molar-refractivity contribution in [2.75, 3.05) is 16.8 Å². The molecule has 1 N–H and O–H groups in total. The van der Waals surface area contributed by atoms with Gasteiger partial charge in [-0.25, -0.2) is 9.78 Å². The average molecular weight is 403 g/mol. The topological polar surface area (TPSA) is 80.2 Å². The smallest absolute Gasteiger partial charge is 0.415 e. The lowest BCUT2D eigenvalue weighted by Crippen LogP contribution is -2.37. The molecule has 1 aliphatic rings. The van der Waals surface area contributed by atoms with E-state index < -0.39 is 0 Å². The van der Waals surface area contributed by atoms with Gasteiger partial charge in [-0.3, -0.25) is 9.88 Å². The van der Waals surface area contributed by atoms with Crippen LogP contribution in [-0.2, 0) is 4.74 Å². The summed E-state index contributed by atoms with van der Waals surface area (Å²) < 4.78 is 5.23. The van der Waals surface area contributed by atoms with Crippen molar-refractivity contribution in [1.29, 1.82) is 0 Å². The number of hydrogen-bond donors (Lipinski definition) is 1. The number of carbonyl (C=O) groups is 1. The molecule has 3 aromatic rings. The minimum Gasteiger partial charge on any atom is -0.447 e. The van der Waals surface area contributed by atoms with Crippen LogP contribution in [0.15, 0.2) is 61.1 Å². The van der Waals surface area contributed by atoms with Crippen LogP contribution in [-0.4, -0.2) is 33.7 Å². The van der Waals surface area contributed by atoms with E-state index in [1.54, 1.807) is 23.4 Å². The van der Waals surface area contributed by atoms with Crippen molar-refractivity contribution in [1.82, 2.24) is 15.0 Å². The highest BCUT2D eigenvalue weighted by Gasteiger charge is 2.37. The third kappa shape index (κ3) is 4.10. The third-order valence-corrected chi connectivity index (χ3v) is 5.31. The van der Waals surface area contributed by atoms with Gasteiger partial charge >= 0.3 is 6.09 Å². The Morgan fingerprint density at radius 3 is 2.57 bits per heavy atom. The Hall–Kier alpha value is -3.48. The first-order valence-electron chi connectivity index (χ1n) is 10.1. The van der Waals surface area contributed by atoms with Gasteiger partial charge in [0.1, 0.15) is 12.4 Å². The Bertz CT molecular complexity index is 1010. The highest BCUT2D eigenvalue weighted by atomic mass is 16.6. The van der Waals surface area contributed by atoms with Gasteiger partial charge in [-0.1, -0.05) is 44.2 Å². The maximum atomic E-state index is 12.2. The second-order valence-corrected chi connectivity index (χ2v) is 7.73. The monoisotopic (exact) mass is 403 g/mol. The molecule has 0 spiro atoms. The number of rotatable bonds is 6. The van der Waals surface area contributed by atoms with Gasteiger partial charge in [0.15, 0.2) is 0 Å². The molecule has 2 aromatic heterocycles. The molecule has 30 heavy (non-hydrogen) atoms. The molecule has 7 heteroatoms. The predicted octanol–water partition coefficient (Wildman–Crippen LogP) is 4.69. The van der Waals surface area contributed by atoms with Crippen LogP contribution in [0, 0.1) is 5.92 Å². The van der Waals surface area contributed by atoms with Crippen molar-refractivity contribution < 1.29 is 9.53 Å². The zero-order valence-electron chi connectivity index (χ0n) is 17.3. The summed E-state index contributed by atoms with van der Waals surface area (Å²) in [6, 6.07) is 14.0. The molecule has 1 saturated heterocycles. The first kappa shape index (κ1) is 19.8. The van der Waals surface area contributed by atoms with E-state index in [9.17, 15) is 4.79 Å². The van der Waals surface area contributed by atoms with E-state index >= 15 is 0 Å². The van der Waals surface area contributed by atoms with Gasteiger partial charge in [0.05, 0.1) is 12.1 Å². The summed E-state index contributed by atoms with van der Waals surface area (Å²) in [7, 11) is 0. The average Bonchev–Trinajstić information content (AvgIpc) is 3.16. The lowest BCUT2D eigenvalue weighted by atomic mass is 10.0. The van der Waals surface area contributed by atoms with Gasteiger partial charge < -0.3 is 10.1 Å². The number of nitrogens with zero attached hydrogens (tertiary/aromatic N) is 4. The van der Waals surface area contributed by atoms with E-state index in [0.717, 1.165) is 16.7 Å². The van der Waals surface area contributed by atoms with Gasteiger partial charge in [0.25, 0.3) is 0 Å². The Morgan fingerprint density at radius 1 is 1.07 bits per heavy atom. The molecule has 0 aliphatic carbocycles. The predicted molar refractivity (Wildman–Crippen MR) is 116 cm³/mol. The van der Waals surface area contributed by atoms with Gasteiger partial charge in [0, 0.05) is 18.6 Å². The van der Waals surface area contributed by atoms with Crippen LogP contribution in [0.5, 0.6) is 0 Å². The number of pyridine rings is 1. The summed E-state index contributed by atoms with van der Waals surface area (Å²) in [6.07, 6.45) is 4.91. The Morgan fingerprint density at radius 2 is 1.87 bits per heavy atom. The minimum atomic E-state index is -0.364. The maximum Gasteiger partial charge on any atom is 0.415 e. The van der Waals surface area contributed by atoms with Crippen LogP contribution in [0.4, 0.5) is 16.6 Å². The number of aromatic nitrogens is 3. The molecule has 0 radical (unpaired) electrons. The molecule has 154 valence electrons. The standard InChI is InChI=1S/C23H25N5O2/c1-15(2)20-14-30-23(29)28(20)21-10-12-25-22(27-21)26-16(3)17-6-8-18(9-7-17)19-5-4-11-24-13-19/h4-13,15-16,20H,14H2,1-3H3,(H,25,26,27)/t16-,20+/m0/s1. The SMILES string of the molecule is CC(C)[C@H]1COC(=O)N1c1ccnc(N[C@@H](C)c2ccc(-c3cccnc3)cc2)n1. The van der Waals surface area contributed by atoms with Gasteiger partial charge in [-0.05, 0) is 41.7 Å². The summed E-state index contributed by atoms with van der Waals surface area (Å²) >= 11 is 0. The van der Waals surface area contributed by atoms with Crippen LogP contribution in [0.3, 0.4) is 0 Å². The van der Waals surface area contributed by atoms with E-state index in [4.69, 9.17) is 4.74 Å². The molecule has 0 saturated carbocycles. The first-order valence-corrected chi connectivity index (χ1v) is 10.1. The fourth-order valence-corrected chi connectivity index (χ4v) is 3.52. The number of ether oxygens (including phenoxy) is 1. The number of anilines is 2. The number of nitrogens with one attached hydrogen (secondary N) is 1. The lowest BCUT2D eigenvalue weighted by molar-refractivity contribution is 0.177. The fourth-order valence-electron chi connectivity index (χ4n) is 3.52. The number of benzene rings is 1. The van der Waals surface area contributed by atoms with Crippen molar-refractivity contribution in [3.8, 4) is 11.1 Å². The van der Waals surface area contributed by atoms with E-state index in [2.05, 4.69) is 65.3 Å². The molecular formula is C23H25N5O2. The van der Waals surface area contributed by atoms with E-state index in [1.165, 1.54) is 0 Å². The largest absolute Gasteiger partial charge is 0.447 e. The fraction of sp³-hybridized carbons (Fsp3) is 0.304. The van der Waals surface area contributed by atoms with Gasteiger partial charge in [0.2, 0.25) is 5.95 Å². The van der Waals surface area contributed by atoms with E-state index in [1.807, 2.05) is 18.3 Å². The molecular weight excluding hydrogens is 378 g/mol. The third-order valence-electron chi connectivity index (χ3n) is 5.31. The molecule has 1 aromatic carbocycles. The van der Waals surface area contributed by atoms with Crippen molar-refractivity contribution in [3.05, 3.63) is 66.6 Å². The molecule has 0 bridgehead atoms. The molecule has 4 rings (SSSR count). The molecule has 0 unspecified atom stereocenters. The quantitative estimate of drug-likeness (QED) is 0.643. The first-order chi connectivity index (χ1) is 14.5. The second kappa shape index (κ2) is 8.49. The van der Waals surface area contributed by atoms with Crippen LogP contribution in [0.1, 0.15) is 32.4 Å². The Labute approximate surface area is 176 Å². The van der Waals surface area contributed by atoms with Crippen LogP contribution >= 0.6 is 0 Å². The van der Waals surface area contributed by atoms with Crippen LogP contribution in [0.2, 0.25) is 0 Å². The highest BCUT2D eigenvalue weighted by molar-refractivity contribution is 5.89. The van der Waals surface area contributed by atoms with Crippen LogP contribution in [0.25, 0.3) is 11.1 Å². The zero-order valence-corrected chi connectivity index (χ0v) is 17.3. The lowest BCUT2D eigenvalue weighted by Gasteiger charge is -2.23. The second-order valence-electron chi connectivity index (χ2n) is 7.73. The number of amides is 1. The zero-order chi connectivity index (χ0) is 21.1. The van der Waals surface area contributed by atoms with Crippen molar-refractivity contribution in [2.45, 2.75) is 32.9 Å². The highest BCUT2D eigenvalue weighted by Crippen LogP contribution is 2.27. The summed E-state index contributed by atoms with van der Waals surface area (Å²) in [4.78, 5) is 26.9. The van der Waals surface area contributed by atoms with Crippen molar-refractivity contribution >= 4 is 17.9 Å². The number of cyclic esters (lactones) is 1. The Kier molecular flexibility index (Phi) is 5.61. The summed E-state index contributed by atoms with van der Waals surface area (Å²) in [5, 5.41) is 3.33. The normalized spacial score (nSPS) is 17.1. The summed E-state index contributed by atoms with van der Waals surface area (Å²) in [5.41, 5.74) is 3.31. The van der Waals surface area contributed by atoms with Crippen LogP contribution < -0.4 is 10.2 Å². The van der Waals surface area contributed by atoms with Gasteiger partial charge in [-0.2, -0.15) is 4.98 Å². The van der Waals surface area contributed by atoms with E-state index in [-0.39, 0.29) is 24.1 Å². The molecule has 1 aliphatic heterocycles. The van der Waals surface area contributed by atoms with E-state index in [0.29, 0.717) is 18.4 Å². The molecule has 1 fully saturated rings. The van der Waals surface area contributed by atoms with Crippen molar-refractivity contribution in [2.24, 2.45) is 5.92 Å². The molecule has 3 heterocycles. The number of hydrogen-bond acceptors (Lipinski definition) is 6. The maximum absolute atomic E-state index is 12.2. The number of carbonyl (C=O) groups excluding carboxylic acids is 1. The van der Waals surface area contributed by atoms with Crippen molar-refractivity contribution in [3.63, 3.8) is 0 Å². The Balaban J connectivity index is 1.49. The summed E-state index contributed by atoms with van der Waals surface area (Å²) in [6.45, 7) is 6.56. The van der Waals surface area contributed by atoms with Gasteiger partial charge in [-0.15, -0.1) is 0 Å². The molecule has 2 atom stereocenters. The molecule has 7 nitrogen and oxygen atoms in total. The summed E-state index contributed by atoms with van der Waals surface area (Å²) in [5.74, 6) is 1.28. The molecule has 1 amide bonds.